The summed E-state index contributed by atoms with van der Waals surface area (Å²) in [6.07, 6.45) is -0.689. The molecule has 0 N–H and O–H groups in total. The molecule has 0 fully saturated rings. The van der Waals surface area contributed by atoms with Crippen LogP contribution in [0.15, 0.2) is 4.99 Å². The van der Waals surface area contributed by atoms with Gasteiger partial charge in [-0.3, -0.25) is 4.79 Å². The van der Waals surface area contributed by atoms with Crippen LogP contribution < -0.4 is 0 Å². The number of Topliss-reactive ketones (excluding diaryl/α,β-unsaturated/α-hetero) is 1. The Morgan fingerprint density at radius 3 is 2.54 bits per heavy atom. The fourth-order valence-corrected chi connectivity index (χ4v) is 0.951. The maximum Gasteiger partial charge on any atom is 0.439 e. The largest absolute Gasteiger partial charge is 0.439 e. The van der Waals surface area contributed by atoms with Crippen molar-refractivity contribution in [2.45, 2.75) is 33.0 Å². The number of carbonyl (C=O) groups is 2. The second-order valence-electron chi connectivity index (χ2n) is 3.25. The zero-order valence-electron chi connectivity index (χ0n) is 7.79. The number of cyclic esters (lactones) is 1. The predicted octanol–water partition coefficient (Wildman–Crippen LogP) is 1.27. The van der Waals surface area contributed by atoms with Crippen molar-refractivity contribution >= 4 is 17.8 Å². The number of amides is 1. The van der Waals surface area contributed by atoms with Gasteiger partial charge in [0.05, 0.1) is 6.42 Å². The van der Waals surface area contributed by atoms with E-state index in [0.717, 1.165) is 0 Å². The van der Waals surface area contributed by atoms with Crippen molar-refractivity contribution in [1.82, 2.24) is 0 Å². The van der Waals surface area contributed by atoms with E-state index in [1.807, 2.05) is 0 Å². The predicted molar refractivity (Wildman–Crippen MR) is 44.4 cm³/mol. The lowest BCUT2D eigenvalue weighted by Crippen LogP contribution is -2.38. The van der Waals surface area contributed by atoms with Gasteiger partial charge in [0, 0.05) is 13.8 Å². The lowest BCUT2D eigenvalue weighted by Gasteiger charge is -2.28. The molecule has 5 nitrogen and oxygen atoms in total. The van der Waals surface area contributed by atoms with E-state index in [0.29, 0.717) is 0 Å². The SMILES string of the molecule is CC(=O)CC1=NC(=O)OC(C)(C)O1. The Morgan fingerprint density at radius 2 is 2.08 bits per heavy atom. The third-order valence-electron chi connectivity index (χ3n) is 1.31. The van der Waals surface area contributed by atoms with Crippen molar-refractivity contribution in [3.05, 3.63) is 0 Å². The molecule has 0 saturated heterocycles. The van der Waals surface area contributed by atoms with Gasteiger partial charge in [0.15, 0.2) is 0 Å². The van der Waals surface area contributed by atoms with E-state index in [1.54, 1.807) is 13.8 Å². The molecule has 0 radical (unpaired) electrons. The molecule has 1 heterocycles. The monoisotopic (exact) mass is 185 g/mol. The number of ether oxygens (including phenoxy) is 2. The summed E-state index contributed by atoms with van der Waals surface area (Å²) in [7, 11) is 0. The molecule has 5 heteroatoms. The first-order chi connectivity index (χ1) is 5.89. The Bertz CT molecular complexity index is 280. The number of aliphatic imine (C=N–C) groups is 1. The van der Waals surface area contributed by atoms with Gasteiger partial charge >= 0.3 is 6.09 Å². The number of nitrogens with zero attached hydrogens (tertiary/aromatic N) is 1. The smallest absolute Gasteiger partial charge is 0.439 e. The van der Waals surface area contributed by atoms with Crippen LogP contribution in [0.4, 0.5) is 4.79 Å². The van der Waals surface area contributed by atoms with E-state index >= 15 is 0 Å². The molecule has 1 rings (SSSR count). The second kappa shape index (κ2) is 3.16. The Labute approximate surface area is 75.7 Å². The third-order valence-corrected chi connectivity index (χ3v) is 1.31. The van der Waals surface area contributed by atoms with Crippen molar-refractivity contribution < 1.29 is 19.1 Å². The summed E-state index contributed by atoms with van der Waals surface area (Å²) < 4.78 is 9.87. The van der Waals surface area contributed by atoms with E-state index in [4.69, 9.17) is 9.47 Å². The van der Waals surface area contributed by atoms with Crippen molar-refractivity contribution in [3.63, 3.8) is 0 Å². The maximum atomic E-state index is 10.9. The van der Waals surface area contributed by atoms with E-state index in [1.165, 1.54) is 6.92 Å². The molecule has 13 heavy (non-hydrogen) atoms. The van der Waals surface area contributed by atoms with Crippen LogP contribution in [0.1, 0.15) is 27.2 Å². The van der Waals surface area contributed by atoms with Crippen molar-refractivity contribution in [2.24, 2.45) is 4.99 Å². The van der Waals surface area contributed by atoms with Gasteiger partial charge in [-0.1, -0.05) is 0 Å². The number of hydrogen-bond donors (Lipinski definition) is 0. The minimum atomic E-state index is -1.02. The van der Waals surface area contributed by atoms with Gasteiger partial charge in [-0.05, 0) is 6.92 Å². The molecular weight excluding hydrogens is 174 g/mol. The van der Waals surface area contributed by atoms with Crippen LogP contribution >= 0.6 is 0 Å². The fraction of sp³-hybridized carbons (Fsp3) is 0.625. The maximum absolute atomic E-state index is 10.9. The molecule has 0 saturated carbocycles. The van der Waals surface area contributed by atoms with E-state index in [2.05, 4.69) is 4.99 Å². The van der Waals surface area contributed by atoms with Crippen LogP contribution in [0, 0.1) is 0 Å². The molecule has 1 amide bonds. The van der Waals surface area contributed by atoms with Crippen LogP contribution in [-0.2, 0) is 14.3 Å². The molecular formula is C8H11NO4. The topological polar surface area (TPSA) is 65.0 Å². The Balaban J connectivity index is 2.75. The zero-order valence-corrected chi connectivity index (χ0v) is 7.79. The van der Waals surface area contributed by atoms with Gasteiger partial charge in [-0.25, -0.2) is 4.79 Å². The summed E-state index contributed by atoms with van der Waals surface area (Å²) in [5.41, 5.74) is 0. The summed E-state index contributed by atoms with van der Waals surface area (Å²) in [5, 5.41) is 0. The minimum Gasteiger partial charge on any atom is -0.439 e. The number of hydrogen-bond acceptors (Lipinski definition) is 4. The van der Waals surface area contributed by atoms with E-state index in [9.17, 15) is 9.59 Å². The highest BCUT2D eigenvalue weighted by atomic mass is 16.7. The molecule has 0 bridgehead atoms. The third kappa shape index (κ3) is 2.85. The second-order valence-corrected chi connectivity index (χ2v) is 3.25. The van der Waals surface area contributed by atoms with Crippen LogP contribution in [-0.4, -0.2) is 23.6 Å². The van der Waals surface area contributed by atoms with Gasteiger partial charge in [-0.2, -0.15) is 0 Å². The van der Waals surface area contributed by atoms with Gasteiger partial charge in [-0.15, -0.1) is 4.99 Å². The fourth-order valence-electron chi connectivity index (χ4n) is 0.951. The summed E-state index contributed by atoms with van der Waals surface area (Å²) in [5.74, 6) is -1.01. The van der Waals surface area contributed by atoms with Crippen molar-refractivity contribution in [1.29, 1.82) is 0 Å². The molecule has 0 unspecified atom stereocenters. The number of rotatable bonds is 2. The van der Waals surface area contributed by atoms with Crippen LogP contribution in [0.2, 0.25) is 0 Å². The highest BCUT2D eigenvalue weighted by molar-refractivity contribution is 6.01. The molecule has 0 atom stereocenters. The highest BCUT2D eigenvalue weighted by Gasteiger charge is 2.31. The first-order valence-corrected chi connectivity index (χ1v) is 3.88. The summed E-state index contributed by atoms with van der Waals surface area (Å²) in [4.78, 5) is 25.0. The van der Waals surface area contributed by atoms with E-state index < -0.39 is 11.9 Å². The van der Waals surface area contributed by atoms with Crippen molar-refractivity contribution in [2.75, 3.05) is 0 Å². The molecule has 0 spiro atoms. The standard InChI is InChI=1S/C8H11NO4/c1-5(10)4-6-9-7(11)13-8(2,3)12-6/h4H2,1-3H3. The highest BCUT2D eigenvalue weighted by Crippen LogP contribution is 2.18. The molecule has 1 aliphatic heterocycles. The first kappa shape index (κ1) is 9.70. The molecule has 72 valence electrons. The molecule has 0 aromatic heterocycles. The number of carbonyl (C=O) groups excluding carboxylic acids is 2. The summed E-state index contributed by atoms with van der Waals surface area (Å²) >= 11 is 0. The van der Waals surface area contributed by atoms with Gasteiger partial charge < -0.3 is 9.47 Å². The molecule has 0 aromatic carbocycles. The normalized spacial score (nSPS) is 19.9. The molecule has 0 aliphatic carbocycles. The Kier molecular flexibility index (Phi) is 2.36. The van der Waals surface area contributed by atoms with Gasteiger partial charge in [0.2, 0.25) is 5.90 Å². The van der Waals surface area contributed by atoms with Crippen molar-refractivity contribution in [3.8, 4) is 0 Å². The lowest BCUT2D eigenvalue weighted by atomic mass is 10.3. The summed E-state index contributed by atoms with van der Waals surface area (Å²) in [6.45, 7) is 4.57. The Morgan fingerprint density at radius 1 is 1.46 bits per heavy atom. The first-order valence-electron chi connectivity index (χ1n) is 3.88. The van der Waals surface area contributed by atoms with E-state index in [-0.39, 0.29) is 18.1 Å². The lowest BCUT2D eigenvalue weighted by molar-refractivity contribution is -0.129. The van der Waals surface area contributed by atoms with Crippen LogP contribution in [0.5, 0.6) is 0 Å². The molecule has 0 aromatic rings. The minimum absolute atomic E-state index is 0.0263. The van der Waals surface area contributed by atoms with Crippen LogP contribution in [0.25, 0.3) is 0 Å². The Hall–Kier alpha value is -1.39. The average molecular weight is 185 g/mol. The summed E-state index contributed by atoms with van der Waals surface area (Å²) in [6, 6.07) is 0. The van der Waals surface area contributed by atoms with Gasteiger partial charge in [0.25, 0.3) is 5.79 Å². The number of ketones is 1. The van der Waals surface area contributed by atoms with Gasteiger partial charge in [0.1, 0.15) is 5.78 Å². The zero-order chi connectivity index (χ0) is 10.1. The van der Waals surface area contributed by atoms with Crippen LogP contribution in [0.3, 0.4) is 0 Å². The quantitative estimate of drug-likeness (QED) is 0.649. The molecule has 1 aliphatic rings. The average Bonchev–Trinajstić information content (AvgIpc) is 1.78.